The summed E-state index contributed by atoms with van der Waals surface area (Å²) in [5, 5.41) is 9.75. The van der Waals surface area contributed by atoms with Gasteiger partial charge in [0.25, 0.3) is 0 Å². The van der Waals surface area contributed by atoms with Gasteiger partial charge in [0, 0.05) is 12.3 Å². The van der Waals surface area contributed by atoms with Crippen molar-refractivity contribution >= 4 is 5.78 Å². The molecule has 0 spiro atoms. The van der Waals surface area contributed by atoms with Gasteiger partial charge in [-0.05, 0) is 6.42 Å². The molecule has 0 radical (unpaired) electrons. The van der Waals surface area contributed by atoms with Crippen LogP contribution in [-0.2, 0) is 4.79 Å². The highest BCUT2D eigenvalue weighted by Gasteiger charge is 2.13. The van der Waals surface area contributed by atoms with Gasteiger partial charge in [-0.25, -0.2) is 0 Å². The molecule has 0 aliphatic carbocycles. The smallest absolute Gasteiger partial charge is 0.137 e. The summed E-state index contributed by atoms with van der Waals surface area (Å²) in [6.07, 6.45) is 12.4. The van der Waals surface area contributed by atoms with E-state index in [4.69, 9.17) is 0 Å². The van der Waals surface area contributed by atoms with Crippen LogP contribution in [-0.4, -0.2) is 17.0 Å². The molecule has 1 atom stereocenters. The third-order valence-electron chi connectivity index (χ3n) is 3.72. The van der Waals surface area contributed by atoms with Gasteiger partial charge in [-0.15, -0.1) is 0 Å². The third kappa shape index (κ3) is 12.4. The predicted octanol–water partition coefficient (Wildman–Crippen LogP) is 4.88. The molecule has 114 valence electrons. The topological polar surface area (TPSA) is 37.3 Å². The van der Waals surface area contributed by atoms with Gasteiger partial charge in [-0.2, -0.15) is 0 Å². The number of aliphatic hydroxyl groups excluding tert-OH is 1. The van der Waals surface area contributed by atoms with Crippen molar-refractivity contribution in [3.63, 3.8) is 0 Å². The molecule has 0 saturated carbocycles. The highest BCUT2D eigenvalue weighted by Crippen LogP contribution is 2.13. The van der Waals surface area contributed by atoms with Crippen LogP contribution in [0.15, 0.2) is 0 Å². The Balaban J connectivity index is 3.27. The molecule has 2 nitrogen and oxygen atoms in total. The number of hydrogen-bond donors (Lipinski definition) is 1. The van der Waals surface area contributed by atoms with Crippen LogP contribution in [0, 0.1) is 5.92 Å². The number of ketones is 1. The average molecular weight is 270 g/mol. The fourth-order valence-electron chi connectivity index (χ4n) is 2.26. The summed E-state index contributed by atoms with van der Waals surface area (Å²) in [5.74, 6) is 0.237. The van der Waals surface area contributed by atoms with E-state index >= 15 is 0 Å². The van der Waals surface area contributed by atoms with Gasteiger partial charge in [0.05, 0.1) is 6.10 Å². The first-order valence-electron chi connectivity index (χ1n) is 8.28. The van der Waals surface area contributed by atoms with Crippen LogP contribution in [0.2, 0.25) is 0 Å². The molecule has 0 aromatic heterocycles. The first kappa shape index (κ1) is 18.6. The molecule has 0 rings (SSSR count). The maximum atomic E-state index is 11.5. The molecular weight excluding hydrogens is 236 g/mol. The largest absolute Gasteiger partial charge is 0.393 e. The highest BCUT2D eigenvalue weighted by atomic mass is 16.3. The summed E-state index contributed by atoms with van der Waals surface area (Å²) in [4.78, 5) is 11.5. The normalized spacial score (nSPS) is 12.9. The van der Waals surface area contributed by atoms with Crippen molar-refractivity contribution in [2.45, 2.75) is 97.5 Å². The van der Waals surface area contributed by atoms with Crippen LogP contribution in [0.5, 0.6) is 0 Å². The summed E-state index contributed by atoms with van der Waals surface area (Å²) >= 11 is 0. The number of Topliss-reactive ketones (excluding diaryl/α,β-unsaturated/α-hetero) is 1. The number of carbonyl (C=O) groups excluding carboxylic acids is 1. The minimum atomic E-state index is -0.417. The van der Waals surface area contributed by atoms with Crippen molar-refractivity contribution in [2.75, 3.05) is 0 Å². The zero-order valence-corrected chi connectivity index (χ0v) is 13.3. The van der Waals surface area contributed by atoms with Crippen LogP contribution in [0.25, 0.3) is 0 Å². The molecule has 0 aliphatic heterocycles. The second-order valence-electron chi connectivity index (χ2n) is 6.10. The van der Waals surface area contributed by atoms with E-state index in [1.807, 2.05) is 13.8 Å². The molecule has 0 heterocycles. The van der Waals surface area contributed by atoms with Gasteiger partial charge < -0.3 is 5.11 Å². The lowest BCUT2D eigenvalue weighted by Gasteiger charge is -2.11. The number of aliphatic hydroxyl groups is 1. The monoisotopic (exact) mass is 270 g/mol. The van der Waals surface area contributed by atoms with Crippen molar-refractivity contribution in [1.82, 2.24) is 0 Å². The lowest BCUT2D eigenvalue weighted by Crippen LogP contribution is -2.17. The Morgan fingerprint density at radius 2 is 1.37 bits per heavy atom. The quantitative estimate of drug-likeness (QED) is 0.484. The summed E-state index contributed by atoms with van der Waals surface area (Å²) < 4.78 is 0. The number of rotatable bonds is 13. The van der Waals surface area contributed by atoms with Gasteiger partial charge >= 0.3 is 0 Å². The highest BCUT2D eigenvalue weighted by molar-refractivity contribution is 5.80. The third-order valence-corrected chi connectivity index (χ3v) is 3.72. The fraction of sp³-hybridized carbons (Fsp3) is 0.941. The van der Waals surface area contributed by atoms with E-state index in [1.54, 1.807) is 0 Å². The summed E-state index contributed by atoms with van der Waals surface area (Å²) in [6, 6.07) is 0. The SMILES string of the molecule is CCCCCCCCCCCC(O)CC(=O)C(C)C. The number of hydrogen-bond acceptors (Lipinski definition) is 2. The molecule has 0 fully saturated rings. The van der Waals surface area contributed by atoms with E-state index in [-0.39, 0.29) is 11.7 Å². The lowest BCUT2D eigenvalue weighted by molar-refractivity contribution is -0.123. The van der Waals surface area contributed by atoms with Crippen molar-refractivity contribution in [3.05, 3.63) is 0 Å². The van der Waals surface area contributed by atoms with E-state index in [2.05, 4.69) is 6.92 Å². The van der Waals surface area contributed by atoms with Gasteiger partial charge in [0.15, 0.2) is 0 Å². The molecular formula is C17H34O2. The van der Waals surface area contributed by atoms with Crippen molar-refractivity contribution < 1.29 is 9.90 Å². The molecule has 19 heavy (non-hydrogen) atoms. The predicted molar refractivity (Wildman–Crippen MR) is 82.3 cm³/mol. The summed E-state index contributed by atoms with van der Waals surface area (Å²) in [7, 11) is 0. The fourth-order valence-corrected chi connectivity index (χ4v) is 2.26. The number of unbranched alkanes of at least 4 members (excludes halogenated alkanes) is 8. The molecule has 0 bridgehead atoms. The van der Waals surface area contributed by atoms with E-state index in [0.29, 0.717) is 6.42 Å². The van der Waals surface area contributed by atoms with Crippen LogP contribution in [0.1, 0.15) is 91.4 Å². The summed E-state index contributed by atoms with van der Waals surface area (Å²) in [5.41, 5.74) is 0. The van der Waals surface area contributed by atoms with E-state index in [9.17, 15) is 9.90 Å². The van der Waals surface area contributed by atoms with Gasteiger partial charge in [-0.1, -0.05) is 78.6 Å². The van der Waals surface area contributed by atoms with Gasteiger partial charge in [0.1, 0.15) is 5.78 Å². The molecule has 0 saturated heterocycles. The Hall–Kier alpha value is -0.370. The van der Waals surface area contributed by atoms with Crippen LogP contribution in [0.4, 0.5) is 0 Å². The molecule has 0 amide bonds. The van der Waals surface area contributed by atoms with E-state index in [0.717, 1.165) is 12.8 Å². The van der Waals surface area contributed by atoms with Crippen LogP contribution in [0.3, 0.4) is 0 Å². The zero-order valence-electron chi connectivity index (χ0n) is 13.3. The Morgan fingerprint density at radius 1 is 0.895 bits per heavy atom. The zero-order chi connectivity index (χ0) is 14.5. The van der Waals surface area contributed by atoms with Crippen LogP contribution >= 0.6 is 0 Å². The minimum absolute atomic E-state index is 0.0535. The first-order valence-corrected chi connectivity index (χ1v) is 8.28. The first-order chi connectivity index (χ1) is 9.07. The second kappa shape index (κ2) is 12.7. The molecule has 1 N–H and O–H groups in total. The van der Waals surface area contributed by atoms with Gasteiger partial charge in [-0.3, -0.25) is 4.79 Å². The molecule has 0 aromatic rings. The average Bonchev–Trinajstić information content (AvgIpc) is 2.36. The van der Waals surface area contributed by atoms with E-state index < -0.39 is 6.10 Å². The molecule has 0 aromatic carbocycles. The standard InChI is InChI=1S/C17H34O2/c1-4-5-6-7-8-9-10-11-12-13-16(18)14-17(19)15(2)3/h15-16,18H,4-14H2,1-3H3. The van der Waals surface area contributed by atoms with Crippen molar-refractivity contribution in [1.29, 1.82) is 0 Å². The molecule has 2 heteroatoms. The second-order valence-corrected chi connectivity index (χ2v) is 6.10. The minimum Gasteiger partial charge on any atom is -0.393 e. The van der Waals surface area contributed by atoms with Crippen molar-refractivity contribution in [2.24, 2.45) is 5.92 Å². The van der Waals surface area contributed by atoms with Crippen molar-refractivity contribution in [3.8, 4) is 0 Å². The van der Waals surface area contributed by atoms with Crippen LogP contribution < -0.4 is 0 Å². The maximum absolute atomic E-state index is 11.5. The number of carbonyl (C=O) groups is 1. The Bertz CT molecular complexity index is 211. The summed E-state index contributed by atoms with van der Waals surface area (Å²) in [6.45, 7) is 6.04. The lowest BCUT2D eigenvalue weighted by atomic mass is 9.99. The molecule has 0 aliphatic rings. The Kier molecular flexibility index (Phi) is 12.4. The van der Waals surface area contributed by atoms with E-state index in [1.165, 1.54) is 51.4 Å². The molecule has 1 unspecified atom stereocenters. The Morgan fingerprint density at radius 3 is 1.84 bits per heavy atom. The van der Waals surface area contributed by atoms with Gasteiger partial charge in [0.2, 0.25) is 0 Å². The Labute approximate surface area is 120 Å². The maximum Gasteiger partial charge on any atom is 0.137 e.